The highest BCUT2D eigenvalue weighted by molar-refractivity contribution is 5.73. The molecule has 0 aliphatic rings. The second kappa shape index (κ2) is 7.36. The predicted octanol–water partition coefficient (Wildman–Crippen LogP) is 2.78. The fraction of sp³-hybridized carbons (Fsp3) is 0.235. The fourth-order valence-electron chi connectivity index (χ4n) is 1.99. The maximum Gasteiger partial charge on any atom is 0.345 e. The van der Waals surface area contributed by atoms with Gasteiger partial charge in [-0.2, -0.15) is 0 Å². The molecule has 1 atom stereocenters. The van der Waals surface area contributed by atoms with E-state index in [9.17, 15) is 9.90 Å². The van der Waals surface area contributed by atoms with Gasteiger partial charge in [0.25, 0.3) is 0 Å². The van der Waals surface area contributed by atoms with Crippen molar-refractivity contribution in [2.24, 2.45) is 0 Å². The van der Waals surface area contributed by atoms with Crippen LogP contribution in [-0.2, 0) is 11.2 Å². The molecule has 2 aromatic carbocycles. The molecule has 0 radical (unpaired) electrons. The van der Waals surface area contributed by atoms with E-state index in [1.54, 1.807) is 50.6 Å². The molecule has 0 unspecified atom stereocenters. The monoisotopic (exact) mass is 302 g/mol. The summed E-state index contributed by atoms with van der Waals surface area (Å²) in [6, 6.07) is 14.1. The fourth-order valence-corrected chi connectivity index (χ4v) is 1.99. The van der Waals surface area contributed by atoms with Gasteiger partial charge < -0.3 is 19.3 Å². The molecule has 0 aromatic heterocycles. The summed E-state index contributed by atoms with van der Waals surface area (Å²) < 4.78 is 15.7. The highest BCUT2D eigenvalue weighted by Crippen LogP contribution is 2.21. The summed E-state index contributed by atoms with van der Waals surface area (Å²) in [5.74, 6) is 0.786. The third kappa shape index (κ3) is 4.15. The van der Waals surface area contributed by atoms with Crippen molar-refractivity contribution in [1.29, 1.82) is 0 Å². The van der Waals surface area contributed by atoms with E-state index in [-0.39, 0.29) is 6.42 Å². The van der Waals surface area contributed by atoms with Crippen molar-refractivity contribution in [3.8, 4) is 17.2 Å². The highest BCUT2D eigenvalue weighted by atomic mass is 16.5. The summed E-state index contributed by atoms with van der Waals surface area (Å²) in [7, 11) is 3.13. The van der Waals surface area contributed by atoms with Gasteiger partial charge in [-0.1, -0.05) is 18.2 Å². The minimum Gasteiger partial charge on any atom is -0.497 e. The number of hydrogen-bond donors (Lipinski definition) is 1. The molecule has 0 aliphatic heterocycles. The second-order valence-electron chi connectivity index (χ2n) is 4.68. The summed E-state index contributed by atoms with van der Waals surface area (Å²) in [6.45, 7) is 0. The highest BCUT2D eigenvalue weighted by Gasteiger charge is 2.20. The van der Waals surface area contributed by atoms with E-state index in [0.717, 1.165) is 11.3 Å². The van der Waals surface area contributed by atoms with Crippen LogP contribution in [-0.4, -0.2) is 31.4 Å². The molecule has 116 valence electrons. The zero-order valence-corrected chi connectivity index (χ0v) is 12.5. The molecule has 0 aliphatic carbocycles. The summed E-state index contributed by atoms with van der Waals surface area (Å²) in [6.07, 6.45) is -0.711. The lowest BCUT2D eigenvalue weighted by molar-refractivity contribution is -0.145. The van der Waals surface area contributed by atoms with E-state index in [2.05, 4.69) is 0 Å². The van der Waals surface area contributed by atoms with E-state index in [4.69, 9.17) is 14.2 Å². The van der Waals surface area contributed by atoms with Gasteiger partial charge in [0, 0.05) is 12.5 Å². The number of benzene rings is 2. The Morgan fingerprint density at radius 2 is 1.64 bits per heavy atom. The smallest absolute Gasteiger partial charge is 0.345 e. The first-order valence-corrected chi connectivity index (χ1v) is 6.79. The van der Waals surface area contributed by atoms with Crippen LogP contribution < -0.4 is 14.2 Å². The van der Waals surface area contributed by atoms with Crippen LogP contribution in [0.25, 0.3) is 0 Å². The number of methoxy groups -OCH3 is 2. The summed E-state index contributed by atoms with van der Waals surface area (Å²) in [4.78, 5) is 11.4. The van der Waals surface area contributed by atoms with Crippen LogP contribution in [0.2, 0.25) is 0 Å². The van der Waals surface area contributed by atoms with Crippen LogP contribution in [0.3, 0.4) is 0 Å². The van der Waals surface area contributed by atoms with Gasteiger partial charge in [0.05, 0.1) is 14.2 Å². The SMILES string of the molecule is COc1ccc(C[C@@H](Oc2cccc(OC)c2)C(=O)O)cc1. The first-order chi connectivity index (χ1) is 10.6. The van der Waals surface area contributed by atoms with Gasteiger partial charge >= 0.3 is 5.97 Å². The van der Waals surface area contributed by atoms with Crippen molar-refractivity contribution in [2.45, 2.75) is 12.5 Å². The summed E-state index contributed by atoms with van der Waals surface area (Å²) in [5, 5.41) is 9.34. The Hall–Kier alpha value is -2.69. The third-order valence-electron chi connectivity index (χ3n) is 3.18. The molecule has 22 heavy (non-hydrogen) atoms. The molecule has 0 fully saturated rings. The lowest BCUT2D eigenvalue weighted by Gasteiger charge is -2.16. The van der Waals surface area contributed by atoms with Crippen molar-refractivity contribution >= 4 is 5.97 Å². The van der Waals surface area contributed by atoms with Gasteiger partial charge in [-0.3, -0.25) is 0 Å². The molecule has 5 heteroatoms. The van der Waals surface area contributed by atoms with Crippen molar-refractivity contribution in [3.05, 3.63) is 54.1 Å². The van der Waals surface area contributed by atoms with Gasteiger partial charge in [-0.05, 0) is 29.8 Å². The van der Waals surface area contributed by atoms with Gasteiger partial charge in [-0.25, -0.2) is 4.79 Å². The topological polar surface area (TPSA) is 65.0 Å². The van der Waals surface area contributed by atoms with Crippen LogP contribution in [0.5, 0.6) is 17.2 Å². The lowest BCUT2D eigenvalue weighted by atomic mass is 10.1. The van der Waals surface area contributed by atoms with Crippen molar-refractivity contribution in [1.82, 2.24) is 0 Å². The Morgan fingerprint density at radius 3 is 2.23 bits per heavy atom. The van der Waals surface area contributed by atoms with Gasteiger partial charge in [0.2, 0.25) is 0 Å². The molecule has 0 bridgehead atoms. The zero-order valence-electron chi connectivity index (χ0n) is 12.5. The quantitative estimate of drug-likeness (QED) is 0.852. The number of hydrogen-bond acceptors (Lipinski definition) is 4. The maximum absolute atomic E-state index is 11.4. The Morgan fingerprint density at radius 1 is 1.00 bits per heavy atom. The normalized spacial score (nSPS) is 11.5. The molecule has 0 saturated heterocycles. The molecule has 2 rings (SSSR count). The molecule has 0 spiro atoms. The number of ether oxygens (including phenoxy) is 3. The number of rotatable bonds is 7. The molecular formula is C17H18O5. The van der Waals surface area contributed by atoms with E-state index in [0.29, 0.717) is 11.5 Å². The minimum absolute atomic E-state index is 0.260. The Kier molecular flexibility index (Phi) is 5.25. The maximum atomic E-state index is 11.4. The van der Waals surface area contributed by atoms with Gasteiger partial charge in [0.15, 0.2) is 6.10 Å². The van der Waals surface area contributed by atoms with E-state index in [1.165, 1.54) is 0 Å². The van der Waals surface area contributed by atoms with E-state index in [1.807, 2.05) is 12.1 Å². The van der Waals surface area contributed by atoms with Crippen LogP contribution >= 0.6 is 0 Å². The van der Waals surface area contributed by atoms with Crippen LogP contribution in [0.1, 0.15) is 5.56 Å². The largest absolute Gasteiger partial charge is 0.497 e. The van der Waals surface area contributed by atoms with Crippen molar-refractivity contribution < 1.29 is 24.1 Å². The third-order valence-corrected chi connectivity index (χ3v) is 3.18. The number of aliphatic carboxylic acids is 1. The number of carboxylic acid groups (broad SMARTS) is 1. The average molecular weight is 302 g/mol. The predicted molar refractivity (Wildman–Crippen MR) is 81.7 cm³/mol. The minimum atomic E-state index is -1.02. The molecular weight excluding hydrogens is 284 g/mol. The first kappa shape index (κ1) is 15.7. The first-order valence-electron chi connectivity index (χ1n) is 6.79. The van der Waals surface area contributed by atoms with Crippen LogP contribution in [0.15, 0.2) is 48.5 Å². The Balaban J connectivity index is 2.10. The molecule has 2 aromatic rings. The summed E-state index contributed by atoms with van der Waals surface area (Å²) >= 11 is 0. The molecule has 5 nitrogen and oxygen atoms in total. The van der Waals surface area contributed by atoms with Crippen molar-refractivity contribution in [2.75, 3.05) is 14.2 Å². The van der Waals surface area contributed by atoms with Crippen LogP contribution in [0, 0.1) is 0 Å². The second-order valence-corrected chi connectivity index (χ2v) is 4.68. The molecule has 0 saturated carbocycles. The Bertz CT molecular complexity index is 621. The van der Waals surface area contributed by atoms with Gasteiger partial charge in [-0.15, -0.1) is 0 Å². The molecule has 0 heterocycles. The summed E-state index contributed by atoms with van der Waals surface area (Å²) in [5.41, 5.74) is 0.857. The molecule has 0 amide bonds. The molecule has 1 N–H and O–H groups in total. The van der Waals surface area contributed by atoms with E-state index >= 15 is 0 Å². The Labute approximate surface area is 129 Å². The number of carboxylic acids is 1. The van der Waals surface area contributed by atoms with Crippen LogP contribution in [0.4, 0.5) is 0 Å². The lowest BCUT2D eigenvalue weighted by Crippen LogP contribution is -2.29. The average Bonchev–Trinajstić information content (AvgIpc) is 2.55. The van der Waals surface area contributed by atoms with E-state index < -0.39 is 12.1 Å². The van der Waals surface area contributed by atoms with Crippen molar-refractivity contribution in [3.63, 3.8) is 0 Å². The standard InChI is InChI=1S/C17H18O5/c1-20-13-8-6-12(7-9-13)10-16(17(18)19)22-15-5-3-4-14(11-15)21-2/h3-9,11,16H,10H2,1-2H3,(H,18,19)/t16-/m1/s1. The number of carbonyl (C=O) groups is 1. The van der Waals surface area contributed by atoms with Gasteiger partial charge in [0.1, 0.15) is 17.2 Å². The zero-order chi connectivity index (χ0) is 15.9.